The number of carbonyl (C=O) groups is 3. The van der Waals surface area contributed by atoms with Gasteiger partial charge in [0.25, 0.3) is 0 Å². The van der Waals surface area contributed by atoms with Crippen LogP contribution < -0.4 is 11.1 Å². The molecule has 0 heterocycles. The van der Waals surface area contributed by atoms with Gasteiger partial charge in [0.05, 0.1) is 6.42 Å². The average Bonchev–Trinajstić information content (AvgIpc) is 2.43. The second-order valence-electron chi connectivity index (χ2n) is 5.80. The molecular formula is C16H18F2N2O3. The number of Topliss-reactive ketones (excluding diaryl/α,β-unsaturated/α-hetero) is 1. The third-order valence-corrected chi connectivity index (χ3v) is 3.90. The molecule has 5 nitrogen and oxygen atoms in total. The summed E-state index contributed by atoms with van der Waals surface area (Å²) in [6.45, 7) is 0. The Balaban J connectivity index is 2.03. The Hall–Kier alpha value is -2.31. The summed E-state index contributed by atoms with van der Waals surface area (Å²) in [6.07, 6.45) is 1.66. The van der Waals surface area contributed by atoms with Crippen molar-refractivity contribution in [3.8, 4) is 0 Å². The molecule has 2 atom stereocenters. The number of carbonyl (C=O) groups excluding carboxylic acids is 3. The van der Waals surface area contributed by atoms with E-state index in [-0.39, 0.29) is 30.1 Å². The van der Waals surface area contributed by atoms with Crippen LogP contribution in [0.25, 0.3) is 0 Å². The minimum Gasteiger partial charge on any atom is -0.368 e. The van der Waals surface area contributed by atoms with Gasteiger partial charge in [0, 0.05) is 18.9 Å². The summed E-state index contributed by atoms with van der Waals surface area (Å²) in [5, 5.41) is 2.48. The van der Waals surface area contributed by atoms with Gasteiger partial charge in [0.15, 0.2) is 0 Å². The molecule has 1 saturated carbocycles. The number of primary amides is 1. The molecule has 1 fully saturated rings. The van der Waals surface area contributed by atoms with Crippen LogP contribution in [0.15, 0.2) is 18.2 Å². The van der Waals surface area contributed by atoms with E-state index in [1.165, 1.54) is 0 Å². The first kappa shape index (κ1) is 17.1. The topological polar surface area (TPSA) is 89.3 Å². The fraction of sp³-hybridized carbons (Fsp3) is 0.438. The smallest absolute Gasteiger partial charge is 0.240 e. The van der Waals surface area contributed by atoms with Crippen LogP contribution in [0.4, 0.5) is 8.78 Å². The van der Waals surface area contributed by atoms with Gasteiger partial charge < -0.3 is 11.1 Å². The summed E-state index contributed by atoms with van der Waals surface area (Å²) >= 11 is 0. The maximum Gasteiger partial charge on any atom is 0.240 e. The largest absolute Gasteiger partial charge is 0.368 e. The lowest BCUT2D eigenvalue weighted by atomic mass is 9.83. The number of rotatable bonds is 5. The molecule has 0 aromatic heterocycles. The second-order valence-corrected chi connectivity index (χ2v) is 5.80. The molecule has 3 N–H and O–H groups in total. The lowest BCUT2D eigenvalue weighted by Crippen LogP contribution is -2.50. The number of benzene rings is 1. The van der Waals surface area contributed by atoms with Crippen molar-refractivity contribution < 1.29 is 23.2 Å². The Morgan fingerprint density at radius 3 is 2.48 bits per heavy atom. The second kappa shape index (κ2) is 7.30. The zero-order valence-corrected chi connectivity index (χ0v) is 12.5. The number of amides is 2. The van der Waals surface area contributed by atoms with Crippen molar-refractivity contribution in [1.82, 2.24) is 5.32 Å². The van der Waals surface area contributed by atoms with Crippen LogP contribution in [0, 0.1) is 17.6 Å². The fourth-order valence-corrected chi connectivity index (χ4v) is 2.89. The summed E-state index contributed by atoms with van der Waals surface area (Å²) in [5.74, 6) is -3.15. The van der Waals surface area contributed by atoms with Crippen molar-refractivity contribution in [2.75, 3.05) is 0 Å². The SMILES string of the molecule is NC(=O)[C@H](NC(=O)Cc1cc(F)cc(F)c1)[C@@H]1CCCC(=O)C1. The Kier molecular flexibility index (Phi) is 5.41. The Labute approximate surface area is 132 Å². The molecule has 0 unspecified atom stereocenters. The number of hydrogen-bond acceptors (Lipinski definition) is 3. The normalized spacial score (nSPS) is 19.2. The Bertz CT molecular complexity index is 614. The van der Waals surface area contributed by atoms with E-state index in [1.807, 2.05) is 0 Å². The summed E-state index contributed by atoms with van der Waals surface area (Å²) in [7, 11) is 0. The first-order chi connectivity index (χ1) is 10.8. The van der Waals surface area contributed by atoms with Crippen LogP contribution in [-0.4, -0.2) is 23.6 Å². The van der Waals surface area contributed by atoms with E-state index in [0.29, 0.717) is 25.3 Å². The first-order valence-corrected chi connectivity index (χ1v) is 7.40. The molecule has 1 aliphatic carbocycles. The summed E-state index contributed by atoms with van der Waals surface area (Å²) in [5.41, 5.74) is 5.47. The molecule has 7 heteroatoms. The van der Waals surface area contributed by atoms with Crippen molar-refractivity contribution in [3.05, 3.63) is 35.4 Å². The molecule has 0 saturated heterocycles. The van der Waals surface area contributed by atoms with Gasteiger partial charge in [-0.3, -0.25) is 14.4 Å². The highest BCUT2D eigenvalue weighted by molar-refractivity contribution is 5.89. The highest BCUT2D eigenvalue weighted by Gasteiger charge is 2.32. The molecule has 1 aromatic carbocycles. The van der Waals surface area contributed by atoms with E-state index >= 15 is 0 Å². The summed E-state index contributed by atoms with van der Waals surface area (Å²) in [4.78, 5) is 35.1. The van der Waals surface area contributed by atoms with E-state index in [0.717, 1.165) is 12.1 Å². The van der Waals surface area contributed by atoms with Crippen molar-refractivity contribution in [3.63, 3.8) is 0 Å². The zero-order chi connectivity index (χ0) is 17.0. The van der Waals surface area contributed by atoms with Gasteiger partial charge in [-0.15, -0.1) is 0 Å². The average molecular weight is 324 g/mol. The van der Waals surface area contributed by atoms with E-state index in [4.69, 9.17) is 5.73 Å². The monoisotopic (exact) mass is 324 g/mol. The number of hydrogen-bond donors (Lipinski definition) is 2. The minimum absolute atomic E-state index is 0.0361. The van der Waals surface area contributed by atoms with Crippen LogP contribution in [-0.2, 0) is 20.8 Å². The first-order valence-electron chi connectivity index (χ1n) is 7.40. The predicted molar refractivity (Wildman–Crippen MR) is 78.2 cm³/mol. The van der Waals surface area contributed by atoms with Crippen LogP contribution in [0.2, 0.25) is 0 Å². The molecule has 23 heavy (non-hydrogen) atoms. The molecule has 0 radical (unpaired) electrons. The molecule has 0 aliphatic heterocycles. The Morgan fingerprint density at radius 1 is 1.26 bits per heavy atom. The summed E-state index contributed by atoms with van der Waals surface area (Å²) < 4.78 is 26.2. The standard InChI is InChI=1S/C16H18F2N2O3/c17-11-4-9(5-12(18)8-11)6-14(22)20-15(16(19)23)10-2-1-3-13(21)7-10/h4-5,8,10,15H,1-3,6-7H2,(H2,19,23)(H,20,22)/t10-,15-/m1/s1. The lowest BCUT2D eigenvalue weighted by molar-refractivity contribution is -0.130. The van der Waals surface area contributed by atoms with Gasteiger partial charge >= 0.3 is 0 Å². The quantitative estimate of drug-likeness (QED) is 0.854. The van der Waals surface area contributed by atoms with E-state index in [2.05, 4.69) is 5.32 Å². The maximum atomic E-state index is 13.1. The highest BCUT2D eigenvalue weighted by Crippen LogP contribution is 2.24. The summed E-state index contributed by atoms with van der Waals surface area (Å²) in [6, 6.07) is 1.85. The lowest BCUT2D eigenvalue weighted by Gasteiger charge is -2.28. The fourth-order valence-electron chi connectivity index (χ4n) is 2.89. The number of halogens is 2. The third-order valence-electron chi connectivity index (χ3n) is 3.90. The molecule has 1 aromatic rings. The van der Waals surface area contributed by atoms with Crippen molar-refractivity contribution in [1.29, 1.82) is 0 Å². The van der Waals surface area contributed by atoms with Gasteiger partial charge in [-0.1, -0.05) is 0 Å². The van der Waals surface area contributed by atoms with Crippen LogP contribution in [0.3, 0.4) is 0 Å². The molecule has 2 rings (SSSR count). The highest BCUT2D eigenvalue weighted by atomic mass is 19.1. The predicted octanol–water partition coefficient (Wildman–Crippen LogP) is 1.24. The van der Waals surface area contributed by atoms with Crippen LogP contribution in [0.1, 0.15) is 31.2 Å². The van der Waals surface area contributed by atoms with Crippen LogP contribution in [0.5, 0.6) is 0 Å². The maximum absolute atomic E-state index is 13.1. The number of nitrogens with one attached hydrogen (secondary N) is 1. The van der Waals surface area contributed by atoms with Crippen molar-refractivity contribution in [2.45, 2.75) is 38.1 Å². The van der Waals surface area contributed by atoms with Gasteiger partial charge in [0.2, 0.25) is 11.8 Å². The van der Waals surface area contributed by atoms with Gasteiger partial charge in [-0.2, -0.15) is 0 Å². The number of ketones is 1. The van der Waals surface area contributed by atoms with Gasteiger partial charge in [0.1, 0.15) is 23.5 Å². The van der Waals surface area contributed by atoms with Crippen LogP contribution >= 0.6 is 0 Å². The van der Waals surface area contributed by atoms with E-state index in [1.54, 1.807) is 0 Å². The molecule has 124 valence electrons. The van der Waals surface area contributed by atoms with Crippen molar-refractivity contribution >= 4 is 17.6 Å². The zero-order valence-electron chi connectivity index (χ0n) is 12.5. The molecule has 1 aliphatic rings. The molecule has 2 amide bonds. The molecule has 0 spiro atoms. The van der Waals surface area contributed by atoms with Gasteiger partial charge in [-0.05, 0) is 36.5 Å². The molecule has 0 bridgehead atoms. The molecular weight excluding hydrogens is 306 g/mol. The van der Waals surface area contributed by atoms with E-state index < -0.39 is 29.5 Å². The third kappa shape index (κ3) is 4.84. The van der Waals surface area contributed by atoms with E-state index in [9.17, 15) is 23.2 Å². The minimum atomic E-state index is -0.954. The number of nitrogens with two attached hydrogens (primary N) is 1. The Morgan fingerprint density at radius 2 is 1.91 bits per heavy atom. The van der Waals surface area contributed by atoms with Gasteiger partial charge in [-0.25, -0.2) is 8.78 Å². The van der Waals surface area contributed by atoms with Crippen molar-refractivity contribution in [2.24, 2.45) is 11.7 Å².